The Morgan fingerprint density at radius 1 is 1.55 bits per heavy atom. The van der Waals surface area contributed by atoms with E-state index < -0.39 is 0 Å². The van der Waals surface area contributed by atoms with Crippen molar-refractivity contribution in [3.05, 3.63) is 23.0 Å². The normalized spacial score (nSPS) is 11.6. The van der Waals surface area contributed by atoms with Gasteiger partial charge >= 0.3 is 0 Å². The largest absolute Gasteiger partial charge is 0.495 e. The Kier molecular flexibility index (Phi) is 4.59. The maximum absolute atomic E-state index is 11.7. The molecule has 0 spiro atoms. The van der Waals surface area contributed by atoms with Gasteiger partial charge in [-0.25, -0.2) is 0 Å². The summed E-state index contributed by atoms with van der Waals surface area (Å²) in [6.07, 6.45) is 6.66. The Morgan fingerprint density at radius 2 is 2.35 bits per heavy atom. The number of amides is 1. The molecule has 2 rings (SSSR count). The smallest absolute Gasteiger partial charge is 0.248 e. The van der Waals surface area contributed by atoms with Gasteiger partial charge in [0.2, 0.25) is 5.91 Å². The van der Waals surface area contributed by atoms with Crippen LogP contribution in [0.1, 0.15) is 19.8 Å². The highest BCUT2D eigenvalue weighted by molar-refractivity contribution is 7.16. The van der Waals surface area contributed by atoms with Crippen molar-refractivity contribution in [3.63, 3.8) is 0 Å². The topological polar surface area (TPSA) is 43.6 Å². The van der Waals surface area contributed by atoms with Crippen LogP contribution in [0.4, 0.5) is 0 Å². The molecule has 1 heterocycles. The minimum Gasteiger partial charge on any atom is -0.495 e. The zero-order valence-electron chi connectivity index (χ0n) is 11.5. The number of para-hydroxylation sites is 1. The number of ether oxygens (including phenoxy) is 1. The Hall–Kier alpha value is -2.06. The fourth-order valence-electron chi connectivity index (χ4n) is 1.96. The lowest BCUT2D eigenvalue weighted by atomic mass is 10.3. The number of aromatic nitrogens is 1. The molecule has 2 aromatic rings. The fraction of sp³-hybridized carbons (Fsp3) is 0.333. The standard InChI is InChI=1S/C15H16N2O2S/c1-4-7-13(18)16-15-17(10-5-2)14-11(19-3)8-6-9-12(14)20-15/h2,6,8-9H,4,7,10H2,1,3H3. The first-order valence-corrected chi connectivity index (χ1v) is 7.20. The summed E-state index contributed by atoms with van der Waals surface area (Å²) in [5, 5.41) is 0. The van der Waals surface area contributed by atoms with Gasteiger partial charge in [-0.15, -0.1) is 6.42 Å². The highest BCUT2D eigenvalue weighted by Gasteiger charge is 2.11. The van der Waals surface area contributed by atoms with Crippen molar-refractivity contribution < 1.29 is 9.53 Å². The minimum absolute atomic E-state index is 0.121. The molecule has 0 aliphatic heterocycles. The maximum atomic E-state index is 11.7. The average molecular weight is 288 g/mol. The molecule has 0 N–H and O–H groups in total. The van der Waals surface area contributed by atoms with Gasteiger partial charge < -0.3 is 9.30 Å². The van der Waals surface area contributed by atoms with E-state index in [9.17, 15) is 4.79 Å². The van der Waals surface area contributed by atoms with Gasteiger partial charge in [-0.2, -0.15) is 4.99 Å². The summed E-state index contributed by atoms with van der Waals surface area (Å²) in [5.74, 6) is 3.22. The van der Waals surface area contributed by atoms with E-state index in [1.165, 1.54) is 11.3 Å². The lowest BCUT2D eigenvalue weighted by Gasteiger charge is -2.05. The number of benzene rings is 1. The van der Waals surface area contributed by atoms with E-state index in [-0.39, 0.29) is 5.91 Å². The lowest BCUT2D eigenvalue weighted by molar-refractivity contribution is -0.118. The van der Waals surface area contributed by atoms with Gasteiger partial charge in [0.05, 0.1) is 18.4 Å². The number of terminal acetylenes is 1. The van der Waals surface area contributed by atoms with Crippen molar-refractivity contribution >= 4 is 27.5 Å². The number of nitrogens with zero attached hydrogens (tertiary/aromatic N) is 2. The van der Waals surface area contributed by atoms with E-state index in [0.717, 1.165) is 22.4 Å². The van der Waals surface area contributed by atoms with E-state index in [1.807, 2.05) is 29.7 Å². The van der Waals surface area contributed by atoms with Crippen LogP contribution in [0.2, 0.25) is 0 Å². The molecule has 0 bridgehead atoms. The summed E-state index contributed by atoms with van der Waals surface area (Å²) < 4.78 is 8.23. The van der Waals surface area contributed by atoms with Gasteiger partial charge in [0.25, 0.3) is 0 Å². The zero-order chi connectivity index (χ0) is 14.5. The SMILES string of the molecule is C#CCn1c(=NC(=O)CCC)sc2cccc(OC)c21. The maximum Gasteiger partial charge on any atom is 0.248 e. The molecule has 0 fully saturated rings. The Morgan fingerprint density at radius 3 is 3.00 bits per heavy atom. The molecule has 0 atom stereocenters. The van der Waals surface area contributed by atoms with E-state index in [4.69, 9.17) is 11.2 Å². The predicted octanol–water partition coefficient (Wildman–Crippen LogP) is 2.57. The van der Waals surface area contributed by atoms with E-state index in [0.29, 0.717) is 17.8 Å². The van der Waals surface area contributed by atoms with Gasteiger partial charge in [-0.3, -0.25) is 4.79 Å². The summed E-state index contributed by atoms with van der Waals surface area (Å²) in [4.78, 5) is 16.5. The first kappa shape index (κ1) is 14.4. The van der Waals surface area contributed by atoms with Gasteiger partial charge in [-0.05, 0) is 18.6 Å². The van der Waals surface area contributed by atoms with E-state index >= 15 is 0 Å². The number of methoxy groups -OCH3 is 1. The first-order chi connectivity index (χ1) is 9.71. The minimum atomic E-state index is -0.121. The molecule has 5 heteroatoms. The van der Waals surface area contributed by atoms with Crippen molar-refractivity contribution in [2.45, 2.75) is 26.3 Å². The number of thiazole rings is 1. The molecule has 0 aliphatic carbocycles. The molecule has 104 valence electrons. The molecule has 20 heavy (non-hydrogen) atoms. The number of rotatable bonds is 4. The van der Waals surface area contributed by atoms with Crippen molar-refractivity contribution in [3.8, 4) is 18.1 Å². The second-order valence-electron chi connectivity index (χ2n) is 4.24. The molecular formula is C15H16N2O2S. The third-order valence-electron chi connectivity index (χ3n) is 2.82. The van der Waals surface area contributed by atoms with Crippen LogP contribution < -0.4 is 9.54 Å². The van der Waals surface area contributed by atoms with Crippen LogP contribution >= 0.6 is 11.3 Å². The van der Waals surface area contributed by atoms with Crippen molar-refractivity contribution in [1.29, 1.82) is 0 Å². The monoisotopic (exact) mass is 288 g/mol. The summed E-state index contributed by atoms with van der Waals surface area (Å²) in [7, 11) is 1.62. The molecule has 0 radical (unpaired) electrons. The summed E-state index contributed by atoms with van der Waals surface area (Å²) in [5.41, 5.74) is 0.890. The average Bonchev–Trinajstić information content (AvgIpc) is 2.77. The summed E-state index contributed by atoms with van der Waals surface area (Å²) in [6.45, 7) is 2.31. The van der Waals surface area contributed by atoms with Crippen molar-refractivity contribution in [2.75, 3.05) is 7.11 Å². The Balaban J connectivity index is 2.69. The van der Waals surface area contributed by atoms with Crippen molar-refractivity contribution in [2.24, 2.45) is 4.99 Å². The van der Waals surface area contributed by atoms with Crippen LogP contribution in [0.25, 0.3) is 10.2 Å². The zero-order valence-corrected chi connectivity index (χ0v) is 12.4. The van der Waals surface area contributed by atoms with Crippen molar-refractivity contribution in [1.82, 2.24) is 4.57 Å². The third-order valence-corrected chi connectivity index (χ3v) is 3.86. The number of hydrogen-bond donors (Lipinski definition) is 0. The van der Waals surface area contributed by atoms with Gasteiger partial charge in [0.1, 0.15) is 11.3 Å². The Bertz CT molecular complexity index is 734. The van der Waals surface area contributed by atoms with E-state index in [2.05, 4.69) is 10.9 Å². The summed E-state index contributed by atoms with van der Waals surface area (Å²) in [6, 6.07) is 5.76. The van der Waals surface area contributed by atoms with Gasteiger partial charge in [-0.1, -0.05) is 30.2 Å². The molecule has 0 unspecified atom stereocenters. The van der Waals surface area contributed by atoms with Crippen LogP contribution in [-0.4, -0.2) is 17.6 Å². The first-order valence-electron chi connectivity index (χ1n) is 6.38. The quantitative estimate of drug-likeness (QED) is 0.812. The summed E-state index contributed by atoms with van der Waals surface area (Å²) >= 11 is 1.45. The molecule has 0 saturated carbocycles. The van der Waals surface area contributed by atoms with Crippen LogP contribution in [0.3, 0.4) is 0 Å². The molecule has 1 amide bonds. The fourth-order valence-corrected chi connectivity index (χ4v) is 3.03. The third kappa shape index (κ3) is 2.75. The predicted molar refractivity (Wildman–Crippen MR) is 80.7 cm³/mol. The van der Waals surface area contributed by atoms with Gasteiger partial charge in [0.15, 0.2) is 4.80 Å². The van der Waals surface area contributed by atoms with Crippen LogP contribution in [-0.2, 0) is 11.3 Å². The van der Waals surface area contributed by atoms with Crippen LogP contribution in [0.15, 0.2) is 23.2 Å². The number of carbonyl (C=O) groups is 1. The number of hydrogen-bond acceptors (Lipinski definition) is 3. The second kappa shape index (κ2) is 6.40. The van der Waals surface area contributed by atoms with Crippen LogP contribution in [0, 0.1) is 12.3 Å². The second-order valence-corrected chi connectivity index (χ2v) is 5.25. The Labute approximate surface area is 121 Å². The molecule has 4 nitrogen and oxygen atoms in total. The highest BCUT2D eigenvalue weighted by atomic mass is 32.1. The van der Waals surface area contributed by atoms with Gasteiger partial charge in [0, 0.05) is 6.42 Å². The lowest BCUT2D eigenvalue weighted by Crippen LogP contribution is -2.16. The number of fused-ring (bicyclic) bond motifs is 1. The number of carbonyl (C=O) groups excluding carboxylic acids is 1. The highest BCUT2D eigenvalue weighted by Crippen LogP contribution is 2.27. The molecule has 1 aromatic heterocycles. The van der Waals surface area contributed by atoms with E-state index in [1.54, 1.807) is 7.11 Å². The molecule has 0 aliphatic rings. The molecule has 1 aromatic carbocycles. The molecular weight excluding hydrogens is 272 g/mol. The molecule has 0 saturated heterocycles. The van der Waals surface area contributed by atoms with Crippen LogP contribution in [0.5, 0.6) is 5.75 Å².